The molecule has 124 valence electrons. The minimum absolute atomic E-state index is 0.165. The molecule has 0 radical (unpaired) electrons. The predicted molar refractivity (Wildman–Crippen MR) is 97.0 cm³/mol. The summed E-state index contributed by atoms with van der Waals surface area (Å²) in [6, 6.07) is 13.3. The Kier molecular flexibility index (Phi) is 3.57. The summed E-state index contributed by atoms with van der Waals surface area (Å²) in [7, 11) is 1.85. The largest absolute Gasteiger partial charge is 0.324 e. The summed E-state index contributed by atoms with van der Waals surface area (Å²) >= 11 is 0. The van der Waals surface area contributed by atoms with Gasteiger partial charge in [-0.05, 0) is 49.4 Å². The lowest BCUT2D eigenvalue weighted by Gasteiger charge is -2.07. The molecule has 0 aliphatic rings. The van der Waals surface area contributed by atoms with E-state index in [1.54, 1.807) is 10.9 Å². The minimum Gasteiger partial charge on any atom is -0.324 e. The topological polar surface area (TPSA) is 64.7 Å². The molecule has 1 N–H and O–H groups in total. The van der Waals surface area contributed by atoms with Crippen molar-refractivity contribution in [3.05, 3.63) is 72.3 Å². The Morgan fingerprint density at radius 3 is 2.56 bits per heavy atom. The van der Waals surface area contributed by atoms with E-state index in [2.05, 4.69) is 15.4 Å². The van der Waals surface area contributed by atoms with Crippen LogP contribution < -0.4 is 5.32 Å². The number of aryl methyl sites for hydroxylation is 2. The molecule has 6 nitrogen and oxygen atoms in total. The van der Waals surface area contributed by atoms with Crippen molar-refractivity contribution < 1.29 is 4.79 Å². The van der Waals surface area contributed by atoms with Crippen molar-refractivity contribution in [3.8, 4) is 5.69 Å². The minimum atomic E-state index is -0.165. The van der Waals surface area contributed by atoms with Gasteiger partial charge in [-0.25, -0.2) is 4.98 Å². The number of benzene rings is 1. The summed E-state index contributed by atoms with van der Waals surface area (Å²) in [5.41, 5.74) is 3.95. The number of amides is 1. The molecule has 25 heavy (non-hydrogen) atoms. The number of carbonyl (C=O) groups excluding carboxylic acids is 1. The summed E-state index contributed by atoms with van der Waals surface area (Å²) in [6.45, 7) is 1.93. The van der Waals surface area contributed by atoms with Crippen LogP contribution in [0.1, 0.15) is 16.1 Å². The molecule has 0 atom stereocenters. The number of hydrogen-bond donors (Lipinski definition) is 1. The van der Waals surface area contributed by atoms with Gasteiger partial charge < -0.3 is 9.88 Å². The lowest BCUT2D eigenvalue weighted by Crippen LogP contribution is -2.12. The third-order valence-electron chi connectivity index (χ3n) is 4.15. The highest BCUT2D eigenvalue weighted by atomic mass is 16.1. The van der Waals surface area contributed by atoms with Crippen molar-refractivity contribution in [1.29, 1.82) is 0 Å². The van der Waals surface area contributed by atoms with Crippen molar-refractivity contribution in [1.82, 2.24) is 19.3 Å². The molecule has 0 aliphatic heterocycles. The number of nitrogens with one attached hydrogen (secondary N) is 1. The number of pyridine rings is 1. The summed E-state index contributed by atoms with van der Waals surface area (Å²) in [5, 5.41) is 8.17. The van der Waals surface area contributed by atoms with E-state index in [0.29, 0.717) is 11.3 Å². The second-order valence-corrected chi connectivity index (χ2v) is 5.90. The molecule has 0 fully saturated rings. The van der Waals surface area contributed by atoms with Crippen molar-refractivity contribution in [3.63, 3.8) is 0 Å². The maximum Gasteiger partial charge on any atom is 0.255 e. The van der Waals surface area contributed by atoms with Gasteiger partial charge in [-0.3, -0.25) is 9.48 Å². The average molecular weight is 331 g/mol. The van der Waals surface area contributed by atoms with Gasteiger partial charge >= 0.3 is 0 Å². The fraction of sp³-hybridized carbons (Fsp3) is 0.105. The highest BCUT2D eigenvalue weighted by Crippen LogP contribution is 2.20. The van der Waals surface area contributed by atoms with E-state index in [1.165, 1.54) is 0 Å². The molecule has 3 aromatic heterocycles. The van der Waals surface area contributed by atoms with Crippen LogP contribution in [0.5, 0.6) is 0 Å². The van der Waals surface area contributed by atoms with Gasteiger partial charge in [0.1, 0.15) is 0 Å². The van der Waals surface area contributed by atoms with Crippen LogP contribution in [0.4, 0.5) is 5.69 Å². The number of nitrogens with zero attached hydrogens (tertiary/aromatic N) is 4. The van der Waals surface area contributed by atoms with E-state index in [9.17, 15) is 4.79 Å². The van der Waals surface area contributed by atoms with Crippen molar-refractivity contribution >= 4 is 22.6 Å². The summed E-state index contributed by atoms with van der Waals surface area (Å²) < 4.78 is 3.72. The Morgan fingerprint density at radius 1 is 1.12 bits per heavy atom. The first kappa shape index (κ1) is 15.1. The first-order chi connectivity index (χ1) is 12.1. The zero-order valence-electron chi connectivity index (χ0n) is 14.0. The summed E-state index contributed by atoms with van der Waals surface area (Å²) in [6.07, 6.45) is 5.58. The maximum absolute atomic E-state index is 12.5. The van der Waals surface area contributed by atoms with E-state index in [4.69, 9.17) is 0 Å². The highest BCUT2D eigenvalue weighted by Gasteiger charge is 2.10. The molecule has 1 amide bonds. The van der Waals surface area contributed by atoms with Gasteiger partial charge in [0.2, 0.25) is 0 Å². The predicted octanol–water partition coefficient (Wildman–Crippen LogP) is 3.32. The van der Waals surface area contributed by atoms with Crippen molar-refractivity contribution in [2.75, 3.05) is 5.32 Å². The molecule has 0 saturated carbocycles. The number of fused-ring (bicyclic) bond motifs is 1. The maximum atomic E-state index is 12.5. The molecule has 0 bridgehead atoms. The van der Waals surface area contributed by atoms with Gasteiger partial charge in [-0.15, -0.1) is 0 Å². The Balaban J connectivity index is 1.56. The second kappa shape index (κ2) is 5.90. The Hall–Kier alpha value is -3.41. The molecule has 0 aliphatic carbocycles. The van der Waals surface area contributed by atoms with Gasteiger partial charge in [0, 0.05) is 36.1 Å². The zero-order chi connectivity index (χ0) is 17.4. The van der Waals surface area contributed by atoms with Crippen molar-refractivity contribution in [2.24, 2.45) is 7.05 Å². The van der Waals surface area contributed by atoms with Crippen LogP contribution in [0.3, 0.4) is 0 Å². The second-order valence-electron chi connectivity index (χ2n) is 5.90. The summed E-state index contributed by atoms with van der Waals surface area (Å²) in [4.78, 5) is 16.9. The van der Waals surface area contributed by atoms with Gasteiger partial charge in [-0.2, -0.15) is 5.10 Å². The van der Waals surface area contributed by atoms with Crippen LogP contribution in [0.2, 0.25) is 0 Å². The number of rotatable bonds is 3. The molecule has 1 aromatic carbocycles. The molecule has 6 heteroatoms. The quantitative estimate of drug-likeness (QED) is 0.626. The fourth-order valence-corrected chi connectivity index (χ4v) is 2.87. The number of hydrogen-bond acceptors (Lipinski definition) is 3. The van der Waals surface area contributed by atoms with Gasteiger partial charge in [0.15, 0.2) is 5.65 Å². The van der Waals surface area contributed by atoms with Crippen LogP contribution in [-0.4, -0.2) is 25.2 Å². The molecular formula is C19H17N5O. The van der Waals surface area contributed by atoms with Crippen LogP contribution in [-0.2, 0) is 7.05 Å². The molecule has 0 spiro atoms. The number of carbonyl (C=O) groups is 1. The standard InChI is InChI=1S/C19H17N5O/c1-13-17-11-15(12-20-18(17)23(2)22-13)21-19(25)14-5-7-16(8-6-14)24-9-3-4-10-24/h3-12H,1-2H3,(H,21,25). The van der Waals surface area contributed by atoms with E-state index in [1.807, 2.05) is 73.4 Å². The normalized spacial score (nSPS) is 11.0. The third-order valence-corrected chi connectivity index (χ3v) is 4.15. The van der Waals surface area contributed by atoms with Crippen LogP contribution in [0, 0.1) is 6.92 Å². The molecular weight excluding hydrogens is 314 g/mol. The third kappa shape index (κ3) is 2.78. The Morgan fingerprint density at radius 2 is 1.84 bits per heavy atom. The van der Waals surface area contributed by atoms with Gasteiger partial charge in [0.25, 0.3) is 5.91 Å². The molecule has 3 heterocycles. The number of anilines is 1. The van der Waals surface area contributed by atoms with E-state index in [0.717, 1.165) is 22.4 Å². The van der Waals surface area contributed by atoms with Crippen LogP contribution in [0.15, 0.2) is 61.1 Å². The van der Waals surface area contributed by atoms with E-state index in [-0.39, 0.29) is 5.91 Å². The molecule has 4 aromatic rings. The summed E-state index contributed by atoms with van der Waals surface area (Å²) in [5.74, 6) is -0.165. The van der Waals surface area contributed by atoms with E-state index < -0.39 is 0 Å². The lowest BCUT2D eigenvalue weighted by atomic mass is 10.2. The Labute approximate surface area is 144 Å². The van der Waals surface area contributed by atoms with Crippen molar-refractivity contribution in [2.45, 2.75) is 6.92 Å². The molecule has 0 saturated heterocycles. The van der Waals surface area contributed by atoms with Gasteiger partial charge in [0.05, 0.1) is 17.6 Å². The smallest absolute Gasteiger partial charge is 0.255 e. The average Bonchev–Trinajstić information content (AvgIpc) is 3.24. The monoisotopic (exact) mass is 331 g/mol. The molecule has 0 unspecified atom stereocenters. The first-order valence-corrected chi connectivity index (χ1v) is 7.96. The number of aromatic nitrogens is 4. The Bertz CT molecular complexity index is 1050. The molecule has 4 rings (SSSR count). The SMILES string of the molecule is Cc1nn(C)c2ncc(NC(=O)c3ccc(-n4cccc4)cc3)cc12. The zero-order valence-corrected chi connectivity index (χ0v) is 14.0. The lowest BCUT2D eigenvalue weighted by molar-refractivity contribution is 0.102. The van der Waals surface area contributed by atoms with Crippen LogP contribution in [0.25, 0.3) is 16.7 Å². The van der Waals surface area contributed by atoms with E-state index >= 15 is 0 Å². The highest BCUT2D eigenvalue weighted by molar-refractivity contribution is 6.05. The fourth-order valence-electron chi connectivity index (χ4n) is 2.87. The van der Waals surface area contributed by atoms with Crippen LogP contribution >= 0.6 is 0 Å². The first-order valence-electron chi connectivity index (χ1n) is 7.96. The van der Waals surface area contributed by atoms with Gasteiger partial charge in [-0.1, -0.05) is 0 Å².